The van der Waals surface area contributed by atoms with Gasteiger partial charge >= 0.3 is 11.9 Å². The summed E-state index contributed by atoms with van der Waals surface area (Å²) in [6.45, 7) is 4.52. The van der Waals surface area contributed by atoms with Crippen molar-refractivity contribution < 1.29 is 28.6 Å². The van der Waals surface area contributed by atoms with Gasteiger partial charge < -0.3 is 14.2 Å². The molecule has 162 valence electrons. The zero-order valence-corrected chi connectivity index (χ0v) is 17.9. The third kappa shape index (κ3) is 2.07. The predicted molar refractivity (Wildman–Crippen MR) is 105 cm³/mol. The van der Waals surface area contributed by atoms with Gasteiger partial charge in [-0.05, 0) is 55.4 Å². The molecule has 0 bridgehead atoms. The van der Waals surface area contributed by atoms with Crippen molar-refractivity contribution in [1.82, 2.24) is 0 Å². The van der Waals surface area contributed by atoms with Gasteiger partial charge in [0.1, 0.15) is 5.60 Å². The molecule has 0 amide bonds. The molecule has 6 rings (SSSR count). The molecule has 1 spiro atoms. The molecule has 6 aliphatic rings. The van der Waals surface area contributed by atoms with Gasteiger partial charge in [0.2, 0.25) is 0 Å². The van der Waals surface area contributed by atoms with Crippen LogP contribution in [-0.2, 0) is 28.6 Å². The summed E-state index contributed by atoms with van der Waals surface area (Å²) in [5.41, 5.74) is 0.262. The van der Waals surface area contributed by atoms with E-state index in [2.05, 4.69) is 13.8 Å². The van der Waals surface area contributed by atoms with Gasteiger partial charge in [-0.2, -0.15) is 0 Å². The number of epoxide rings is 1. The first-order chi connectivity index (χ1) is 14.2. The fourth-order valence-electron chi connectivity index (χ4n) is 8.62. The lowest BCUT2D eigenvalue weighted by Crippen LogP contribution is -2.61. The van der Waals surface area contributed by atoms with Crippen LogP contribution >= 0.6 is 0 Å². The Bertz CT molecular complexity index is 892. The minimum atomic E-state index is -0.459. The second-order valence-corrected chi connectivity index (χ2v) is 10.9. The Balaban J connectivity index is 1.48. The van der Waals surface area contributed by atoms with Crippen LogP contribution in [0.15, 0.2) is 11.6 Å². The van der Waals surface area contributed by atoms with Gasteiger partial charge in [0.05, 0.1) is 25.2 Å². The number of carbonyl (C=O) groups excluding carboxylic acids is 3. The van der Waals surface area contributed by atoms with Crippen LogP contribution in [0, 0.1) is 34.5 Å². The normalized spacial score (nSPS) is 53.2. The van der Waals surface area contributed by atoms with Crippen molar-refractivity contribution in [3.05, 3.63) is 11.6 Å². The number of ketones is 1. The van der Waals surface area contributed by atoms with Crippen LogP contribution in [0.2, 0.25) is 0 Å². The van der Waals surface area contributed by atoms with Crippen LogP contribution in [0.5, 0.6) is 0 Å². The highest BCUT2D eigenvalue weighted by atomic mass is 16.6. The lowest BCUT2D eigenvalue weighted by molar-refractivity contribution is -0.172. The largest absolute Gasteiger partial charge is 0.469 e. The molecule has 6 nitrogen and oxygen atoms in total. The van der Waals surface area contributed by atoms with E-state index in [1.807, 2.05) is 0 Å². The first kappa shape index (κ1) is 19.0. The Hall–Kier alpha value is -1.69. The molecule has 3 saturated carbocycles. The molecule has 5 unspecified atom stereocenters. The predicted octanol–water partition coefficient (Wildman–Crippen LogP) is 2.98. The number of esters is 2. The summed E-state index contributed by atoms with van der Waals surface area (Å²) >= 11 is 0. The van der Waals surface area contributed by atoms with E-state index in [-0.39, 0.29) is 64.4 Å². The number of allylic oxidation sites excluding steroid dienone is 1. The maximum atomic E-state index is 13.0. The van der Waals surface area contributed by atoms with Gasteiger partial charge in [-0.1, -0.05) is 19.4 Å². The quantitative estimate of drug-likeness (QED) is 0.485. The fourth-order valence-corrected chi connectivity index (χ4v) is 8.62. The molecule has 0 aromatic carbocycles. The number of methoxy groups -OCH3 is 1. The van der Waals surface area contributed by atoms with Crippen LogP contribution < -0.4 is 0 Å². The molecule has 5 fully saturated rings. The van der Waals surface area contributed by atoms with Gasteiger partial charge in [-0.3, -0.25) is 14.4 Å². The van der Waals surface area contributed by atoms with E-state index >= 15 is 0 Å². The van der Waals surface area contributed by atoms with E-state index in [1.165, 1.54) is 7.11 Å². The minimum absolute atomic E-state index is 0.0552. The van der Waals surface area contributed by atoms with E-state index in [4.69, 9.17) is 14.2 Å². The van der Waals surface area contributed by atoms with Crippen LogP contribution in [-0.4, -0.2) is 42.6 Å². The van der Waals surface area contributed by atoms with Crippen molar-refractivity contribution in [3.63, 3.8) is 0 Å². The molecular formula is C24H30O6. The van der Waals surface area contributed by atoms with Gasteiger partial charge in [-0.15, -0.1) is 0 Å². The van der Waals surface area contributed by atoms with Crippen molar-refractivity contribution in [3.8, 4) is 0 Å². The molecule has 30 heavy (non-hydrogen) atoms. The molecule has 2 heterocycles. The van der Waals surface area contributed by atoms with Crippen molar-refractivity contribution in [2.45, 2.75) is 76.6 Å². The second kappa shape index (κ2) is 5.76. The summed E-state index contributed by atoms with van der Waals surface area (Å²) in [5, 5.41) is 0. The molecular weight excluding hydrogens is 384 g/mol. The SMILES string of the molecule is COC(=O)C1CC2=CC(=O)CC[C@]2(C)C2C1C1CC[C@@]3(CCC(=O)O3)[C@@]1(C)[C@H]1OC21. The Morgan fingerprint density at radius 3 is 2.67 bits per heavy atom. The smallest absolute Gasteiger partial charge is 0.309 e. The minimum Gasteiger partial charge on any atom is -0.469 e. The van der Waals surface area contributed by atoms with Crippen molar-refractivity contribution in [1.29, 1.82) is 0 Å². The maximum absolute atomic E-state index is 13.0. The van der Waals surface area contributed by atoms with Gasteiger partial charge in [0.25, 0.3) is 0 Å². The van der Waals surface area contributed by atoms with Gasteiger partial charge in [-0.25, -0.2) is 0 Å². The average molecular weight is 414 g/mol. The van der Waals surface area contributed by atoms with Crippen LogP contribution in [0.1, 0.15) is 58.8 Å². The molecule has 2 aliphatic heterocycles. The lowest BCUT2D eigenvalue weighted by Gasteiger charge is -2.58. The number of rotatable bonds is 1. The third-order valence-corrected chi connectivity index (χ3v) is 10.1. The zero-order valence-electron chi connectivity index (χ0n) is 17.9. The number of ether oxygens (including phenoxy) is 3. The van der Waals surface area contributed by atoms with E-state index in [0.29, 0.717) is 19.3 Å². The molecule has 0 aromatic rings. The molecule has 0 N–H and O–H groups in total. The van der Waals surface area contributed by atoms with E-state index in [9.17, 15) is 14.4 Å². The maximum Gasteiger partial charge on any atom is 0.309 e. The van der Waals surface area contributed by atoms with Crippen molar-refractivity contribution >= 4 is 17.7 Å². The molecule has 4 aliphatic carbocycles. The van der Waals surface area contributed by atoms with Crippen LogP contribution in [0.25, 0.3) is 0 Å². The zero-order chi connectivity index (χ0) is 21.1. The summed E-state index contributed by atoms with van der Waals surface area (Å²) in [5.74, 6) is 0.176. The van der Waals surface area contributed by atoms with Gasteiger partial charge in [0, 0.05) is 24.2 Å². The van der Waals surface area contributed by atoms with E-state index in [1.54, 1.807) is 6.08 Å². The number of fused-ring (bicyclic) bond motifs is 9. The highest BCUT2D eigenvalue weighted by molar-refractivity contribution is 5.92. The first-order valence-electron chi connectivity index (χ1n) is 11.4. The third-order valence-electron chi connectivity index (χ3n) is 10.1. The summed E-state index contributed by atoms with van der Waals surface area (Å²) < 4.78 is 17.7. The van der Waals surface area contributed by atoms with Crippen molar-refractivity contribution in [2.24, 2.45) is 34.5 Å². The lowest BCUT2D eigenvalue weighted by atomic mass is 9.44. The highest BCUT2D eigenvalue weighted by Gasteiger charge is 2.79. The standard InChI is InChI=1S/C24H30O6/c1-22-7-4-13(25)10-12(22)11-14(21(27)28-3)17-15-5-8-24(9-6-16(26)30-24)23(15,2)20-19(29-20)18(17)22/h10,14-15,17-20H,4-9,11H2,1-3H3/t14?,15?,17?,18?,19?,20-,22-,23+,24+/m0/s1. The Morgan fingerprint density at radius 2 is 1.97 bits per heavy atom. The monoisotopic (exact) mass is 414 g/mol. The first-order valence-corrected chi connectivity index (χ1v) is 11.4. The van der Waals surface area contributed by atoms with E-state index < -0.39 is 5.60 Å². The highest BCUT2D eigenvalue weighted by Crippen LogP contribution is 2.75. The molecule has 0 aromatic heterocycles. The average Bonchev–Trinajstić information content (AvgIpc) is 3.35. The Morgan fingerprint density at radius 1 is 1.17 bits per heavy atom. The summed E-state index contributed by atoms with van der Waals surface area (Å²) in [6, 6.07) is 0. The molecule has 0 radical (unpaired) electrons. The summed E-state index contributed by atoms with van der Waals surface area (Å²) in [7, 11) is 1.46. The number of carbonyl (C=O) groups is 3. The molecule has 6 heteroatoms. The van der Waals surface area contributed by atoms with Crippen LogP contribution in [0.4, 0.5) is 0 Å². The Labute approximate surface area is 176 Å². The van der Waals surface area contributed by atoms with Crippen molar-refractivity contribution in [2.75, 3.05) is 7.11 Å². The molecule has 2 saturated heterocycles. The van der Waals surface area contributed by atoms with Crippen LogP contribution in [0.3, 0.4) is 0 Å². The van der Waals surface area contributed by atoms with Gasteiger partial charge in [0.15, 0.2) is 5.78 Å². The topological polar surface area (TPSA) is 82.2 Å². The Kier molecular flexibility index (Phi) is 3.65. The number of hydrogen-bond donors (Lipinski definition) is 0. The summed E-state index contributed by atoms with van der Waals surface area (Å²) in [4.78, 5) is 37.4. The molecule has 9 atom stereocenters. The van der Waals surface area contributed by atoms with E-state index in [0.717, 1.165) is 31.3 Å². The fraction of sp³-hybridized carbons (Fsp3) is 0.792. The summed E-state index contributed by atoms with van der Waals surface area (Å²) in [6.07, 6.45) is 6.91. The number of hydrogen-bond acceptors (Lipinski definition) is 6. The second-order valence-electron chi connectivity index (χ2n) is 10.9.